The number of hydrogen-bond acceptors (Lipinski definition) is 8. The van der Waals surface area contributed by atoms with Crippen LogP contribution in [0.1, 0.15) is 33.4 Å². The Kier molecular flexibility index (Phi) is 23.3. The van der Waals surface area contributed by atoms with E-state index < -0.39 is 10.0 Å². The number of rotatable bonds is 15. The first-order valence-electron chi connectivity index (χ1n) is 26.1. The highest BCUT2D eigenvalue weighted by atomic mass is 35.5. The second-order valence-electron chi connectivity index (χ2n) is 17.9. The number of piperazine rings is 1. The van der Waals surface area contributed by atoms with Crippen molar-refractivity contribution in [3.05, 3.63) is 299 Å². The summed E-state index contributed by atoms with van der Waals surface area (Å²) < 4.78 is 33.6. The van der Waals surface area contributed by atoms with Gasteiger partial charge in [0.25, 0.3) is 10.0 Å². The molecule has 2 aliphatic rings. The lowest BCUT2D eigenvalue weighted by Crippen LogP contribution is -2.44. The molecule has 0 aliphatic carbocycles. The van der Waals surface area contributed by atoms with Crippen molar-refractivity contribution in [1.29, 1.82) is 0 Å². The third-order valence-corrected chi connectivity index (χ3v) is 14.1. The zero-order valence-corrected chi connectivity index (χ0v) is 45.7. The number of sulfonamides is 1. The molecular weight excluding hydrogens is 1030 g/mol. The Morgan fingerprint density at radius 1 is 0.412 bits per heavy atom. The Morgan fingerprint density at radius 3 is 1.01 bits per heavy atom. The quantitative estimate of drug-likeness (QED) is 0.101. The fourth-order valence-electron chi connectivity index (χ4n) is 7.98. The summed E-state index contributed by atoms with van der Waals surface area (Å²) in [4.78, 5) is 37.3. The normalized spacial score (nSPS) is 13.2. The number of allylic oxidation sites excluding steroid dienone is 6. The summed E-state index contributed by atoms with van der Waals surface area (Å²) in [6.07, 6.45) is 20.4. The first kappa shape index (κ1) is 58.5. The van der Waals surface area contributed by atoms with Crippen molar-refractivity contribution in [1.82, 2.24) is 5.32 Å². The number of carbonyl (C=O) groups excluding carboxylic acids is 3. The molecule has 11 heteroatoms. The van der Waals surface area contributed by atoms with Gasteiger partial charge in [0.15, 0.2) is 23.1 Å². The molecule has 0 saturated carbocycles. The highest BCUT2D eigenvalue weighted by molar-refractivity contribution is 7.92. The molecule has 1 saturated heterocycles. The van der Waals surface area contributed by atoms with E-state index in [1.807, 2.05) is 225 Å². The molecule has 2 aliphatic heterocycles. The van der Waals surface area contributed by atoms with Crippen molar-refractivity contribution in [2.24, 2.45) is 0 Å². The Labute approximate surface area is 475 Å². The summed E-state index contributed by atoms with van der Waals surface area (Å²) in [6, 6.07) is 70.6. The number of ether oxygens (including phenoxy) is 1. The van der Waals surface area contributed by atoms with E-state index in [9.17, 15) is 22.8 Å². The van der Waals surface area contributed by atoms with Crippen LogP contribution < -0.4 is 19.3 Å². The molecule has 0 spiro atoms. The van der Waals surface area contributed by atoms with E-state index in [-0.39, 0.29) is 28.8 Å². The van der Waals surface area contributed by atoms with Gasteiger partial charge in [0.05, 0.1) is 22.8 Å². The van der Waals surface area contributed by atoms with Gasteiger partial charge in [0, 0.05) is 31.2 Å². The monoisotopic (exact) mass is 1100 g/mol. The van der Waals surface area contributed by atoms with Crippen LogP contribution >= 0.6 is 11.6 Å². The first-order valence-corrected chi connectivity index (χ1v) is 27.9. The molecule has 2 heterocycles. The molecule has 8 aromatic carbocycles. The molecular formula is C69H62ClN3O6S. The van der Waals surface area contributed by atoms with Gasteiger partial charge in [-0.3, -0.25) is 18.7 Å². The fourth-order valence-corrected chi connectivity index (χ4v) is 9.65. The molecule has 0 amide bonds. The maximum Gasteiger partial charge on any atom is 0.264 e. The van der Waals surface area contributed by atoms with Crippen LogP contribution in [0.15, 0.2) is 266 Å². The Morgan fingerprint density at radius 2 is 0.700 bits per heavy atom. The highest BCUT2D eigenvalue weighted by Crippen LogP contribution is 2.44. The largest absolute Gasteiger partial charge is 0.487 e. The van der Waals surface area contributed by atoms with Crippen LogP contribution in [0.25, 0.3) is 36.5 Å². The van der Waals surface area contributed by atoms with E-state index in [2.05, 4.69) is 10.2 Å². The molecule has 402 valence electrons. The average molecular weight is 1100 g/mol. The molecule has 10 rings (SSSR count). The third-order valence-electron chi connectivity index (χ3n) is 12.1. The molecule has 0 radical (unpaired) electrons. The van der Waals surface area contributed by atoms with Crippen LogP contribution in [-0.2, 0) is 24.4 Å². The Hall–Kier alpha value is -9.19. The van der Waals surface area contributed by atoms with E-state index >= 15 is 0 Å². The minimum Gasteiger partial charge on any atom is -0.487 e. The van der Waals surface area contributed by atoms with Crippen LogP contribution in [0.3, 0.4) is 0 Å². The van der Waals surface area contributed by atoms with Crippen LogP contribution in [0.2, 0.25) is 5.02 Å². The van der Waals surface area contributed by atoms with Gasteiger partial charge < -0.3 is 15.0 Å². The van der Waals surface area contributed by atoms with Crippen molar-refractivity contribution in [3.8, 4) is 5.75 Å². The summed E-state index contributed by atoms with van der Waals surface area (Å²) >= 11 is 6.34. The SMILES string of the molecule is O=C(C=Cc1ccccc1)C=Cc1ccccc1.O=C(C=Cc1ccccc1)C=Cc1ccccc1.O=C(C=Cc1ccccc1)C=Cc1ccccc1.O=S(=O)(c1ccccc1)N1CCOc2c(N3CCNCC3)cc(Cl)cc21. The zero-order chi connectivity index (χ0) is 56.0. The topological polar surface area (TPSA) is 113 Å². The fraction of sp³-hybridized carbons (Fsp3) is 0.0870. The Bertz CT molecular complexity index is 3090. The molecule has 0 unspecified atom stereocenters. The van der Waals surface area contributed by atoms with Crippen LogP contribution in [-0.4, -0.2) is 65.1 Å². The number of hydrogen-bond donors (Lipinski definition) is 1. The van der Waals surface area contributed by atoms with Gasteiger partial charge in [-0.15, -0.1) is 0 Å². The lowest BCUT2D eigenvalue weighted by molar-refractivity contribution is -0.111. The van der Waals surface area contributed by atoms with E-state index in [4.69, 9.17) is 16.3 Å². The number of carbonyl (C=O) groups is 3. The molecule has 8 aromatic rings. The first-order chi connectivity index (χ1) is 39.1. The van der Waals surface area contributed by atoms with E-state index in [0.717, 1.165) is 65.2 Å². The van der Waals surface area contributed by atoms with Gasteiger partial charge in [-0.25, -0.2) is 8.42 Å². The van der Waals surface area contributed by atoms with E-state index in [0.29, 0.717) is 23.1 Å². The van der Waals surface area contributed by atoms with Crippen molar-refractivity contribution in [2.75, 3.05) is 48.5 Å². The van der Waals surface area contributed by atoms with Gasteiger partial charge >= 0.3 is 0 Å². The molecule has 1 N–H and O–H groups in total. The number of benzene rings is 8. The van der Waals surface area contributed by atoms with E-state index in [1.54, 1.807) is 72.9 Å². The van der Waals surface area contributed by atoms with Gasteiger partial charge in [-0.1, -0.05) is 248 Å². The zero-order valence-electron chi connectivity index (χ0n) is 44.2. The van der Waals surface area contributed by atoms with Crippen molar-refractivity contribution < 1.29 is 27.5 Å². The predicted molar refractivity (Wildman–Crippen MR) is 331 cm³/mol. The summed E-state index contributed by atoms with van der Waals surface area (Å²) in [6.45, 7) is 3.94. The third kappa shape index (κ3) is 19.7. The second-order valence-corrected chi connectivity index (χ2v) is 20.2. The number of anilines is 2. The van der Waals surface area contributed by atoms with Crippen molar-refractivity contribution in [3.63, 3.8) is 0 Å². The van der Waals surface area contributed by atoms with Gasteiger partial charge in [0.1, 0.15) is 6.61 Å². The second kappa shape index (κ2) is 31.9. The number of nitrogens with zero attached hydrogens (tertiary/aromatic N) is 2. The molecule has 1 fully saturated rings. The maximum absolute atomic E-state index is 13.2. The minimum absolute atomic E-state index is 0.0114. The van der Waals surface area contributed by atoms with E-state index in [1.165, 1.54) is 4.31 Å². The van der Waals surface area contributed by atoms with Crippen LogP contribution in [0.5, 0.6) is 5.75 Å². The predicted octanol–water partition coefficient (Wildman–Crippen LogP) is 14.3. The van der Waals surface area contributed by atoms with Gasteiger partial charge in [-0.05, 0) is 94.1 Å². The molecule has 80 heavy (non-hydrogen) atoms. The smallest absolute Gasteiger partial charge is 0.264 e. The number of halogens is 1. The van der Waals surface area contributed by atoms with Crippen LogP contribution in [0.4, 0.5) is 11.4 Å². The van der Waals surface area contributed by atoms with Crippen molar-refractivity contribution in [2.45, 2.75) is 4.90 Å². The average Bonchev–Trinajstić information content (AvgIpc) is 3.57. The van der Waals surface area contributed by atoms with Gasteiger partial charge in [-0.2, -0.15) is 0 Å². The lowest BCUT2D eigenvalue weighted by Gasteiger charge is -2.36. The highest BCUT2D eigenvalue weighted by Gasteiger charge is 2.33. The Balaban J connectivity index is 0.000000157. The van der Waals surface area contributed by atoms with Crippen molar-refractivity contribution >= 4 is 86.8 Å². The lowest BCUT2D eigenvalue weighted by atomic mass is 10.1. The molecule has 9 nitrogen and oxygen atoms in total. The number of ketones is 3. The number of nitrogens with one attached hydrogen (secondary N) is 1. The summed E-state index contributed by atoms with van der Waals surface area (Å²) in [5, 5.41) is 3.81. The summed E-state index contributed by atoms with van der Waals surface area (Å²) in [5.74, 6) is 0.551. The summed E-state index contributed by atoms with van der Waals surface area (Å²) in [7, 11) is -3.68. The number of fused-ring (bicyclic) bond motifs is 1. The molecule has 0 aromatic heterocycles. The van der Waals surface area contributed by atoms with Crippen LogP contribution in [0, 0.1) is 0 Å². The van der Waals surface area contributed by atoms with Gasteiger partial charge in [0.2, 0.25) is 0 Å². The standard InChI is InChI=1S/C18H20ClN3O3S.3C17H14O/c19-14-12-16(21-8-6-20-7-9-21)18-17(13-14)22(10-11-25-18)26(23,24)15-4-2-1-3-5-15;3*18-17(13-11-15-7-3-1-4-8-15)14-12-16-9-5-2-6-10-16/h1-5,12-13,20H,6-11H2;3*1-14H. The minimum atomic E-state index is -3.68. The molecule has 0 bridgehead atoms. The summed E-state index contributed by atoms with van der Waals surface area (Å²) in [5.41, 5.74) is 7.51. The maximum atomic E-state index is 13.2. The molecule has 0 atom stereocenters.